The Bertz CT molecular complexity index is 539. The fourth-order valence-electron chi connectivity index (χ4n) is 1.75. The lowest BCUT2D eigenvalue weighted by molar-refractivity contribution is -0.384. The quantitative estimate of drug-likeness (QED) is 0.469. The second kappa shape index (κ2) is 7.39. The van der Waals surface area contributed by atoms with Crippen molar-refractivity contribution in [3.63, 3.8) is 0 Å². The predicted octanol–water partition coefficient (Wildman–Crippen LogP) is 0.372. The zero-order valence-corrected chi connectivity index (χ0v) is 11.5. The first-order chi connectivity index (χ1) is 9.86. The summed E-state index contributed by atoms with van der Waals surface area (Å²) in [5.74, 6) is -1.91. The number of aliphatic carboxylic acids is 1. The number of nitrogens with zero attached hydrogens (tertiary/aromatic N) is 2. The summed E-state index contributed by atoms with van der Waals surface area (Å²) >= 11 is 0. The van der Waals surface area contributed by atoms with Crippen molar-refractivity contribution >= 4 is 17.6 Å². The third-order valence-corrected chi connectivity index (χ3v) is 2.78. The van der Waals surface area contributed by atoms with Crippen LogP contribution in [-0.4, -0.2) is 44.2 Å². The number of amides is 1. The minimum absolute atomic E-state index is 0.0442. The molecule has 0 saturated carbocycles. The van der Waals surface area contributed by atoms with Gasteiger partial charge in [-0.3, -0.25) is 14.9 Å². The van der Waals surface area contributed by atoms with Crippen molar-refractivity contribution in [3.8, 4) is 0 Å². The first-order valence-corrected chi connectivity index (χ1v) is 6.40. The molecule has 0 spiro atoms. The summed E-state index contributed by atoms with van der Waals surface area (Å²) in [6, 6.07) is 1.17. The van der Waals surface area contributed by atoms with E-state index in [0.717, 1.165) is 0 Å². The summed E-state index contributed by atoms with van der Waals surface area (Å²) < 4.78 is 1.47. The van der Waals surface area contributed by atoms with Gasteiger partial charge in [-0.05, 0) is 6.42 Å². The van der Waals surface area contributed by atoms with Gasteiger partial charge in [-0.15, -0.1) is 0 Å². The summed E-state index contributed by atoms with van der Waals surface area (Å²) in [5.41, 5.74) is -0.0486. The second-order valence-corrected chi connectivity index (χ2v) is 4.43. The summed E-state index contributed by atoms with van der Waals surface area (Å²) in [6.07, 6.45) is 0.286. The molecule has 0 fully saturated rings. The van der Waals surface area contributed by atoms with Crippen molar-refractivity contribution < 1.29 is 24.7 Å². The van der Waals surface area contributed by atoms with Crippen LogP contribution in [-0.2, 0) is 11.3 Å². The SMILES string of the molecule is CCCn1cc([N+](=O)[O-])cc1C(=O)NCCC(O)C(=O)O. The van der Waals surface area contributed by atoms with Crippen LogP contribution in [0.1, 0.15) is 30.3 Å². The van der Waals surface area contributed by atoms with Gasteiger partial charge in [0.2, 0.25) is 0 Å². The average molecular weight is 299 g/mol. The number of carboxylic acids is 1. The number of aryl methyl sites for hydroxylation is 1. The molecule has 0 aromatic carbocycles. The fourth-order valence-corrected chi connectivity index (χ4v) is 1.75. The number of nitrogens with one attached hydrogen (secondary N) is 1. The van der Waals surface area contributed by atoms with Crippen molar-refractivity contribution in [3.05, 3.63) is 28.1 Å². The van der Waals surface area contributed by atoms with E-state index in [4.69, 9.17) is 10.2 Å². The lowest BCUT2D eigenvalue weighted by atomic mass is 10.2. The van der Waals surface area contributed by atoms with Crippen LogP contribution in [0.5, 0.6) is 0 Å². The highest BCUT2D eigenvalue weighted by atomic mass is 16.6. The third kappa shape index (κ3) is 4.56. The van der Waals surface area contributed by atoms with Crippen LogP contribution in [0.3, 0.4) is 0 Å². The molecule has 21 heavy (non-hydrogen) atoms. The molecule has 0 aliphatic carbocycles. The Morgan fingerprint density at radius 2 is 2.19 bits per heavy atom. The minimum Gasteiger partial charge on any atom is -0.479 e. The van der Waals surface area contributed by atoms with E-state index in [0.29, 0.717) is 13.0 Å². The number of nitro groups is 1. The summed E-state index contributed by atoms with van der Waals surface area (Å²) in [4.78, 5) is 32.5. The Morgan fingerprint density at radius 3 is 2.71 bits per heavy atom. The van der Waals surface area contributed by atoms with Crippen molar-refractivity contribution in [2.24, 2.45) is 0 Å². The van der Waals surface area contributed by atoms with Crippen LogP contribution in [0.4, 0.5) is 5.69 Å². The Labute approximate surface area is 120 Å². The molecule has 3 N–H and O–H groups in total. The molecule has 1 aromatic rings. The van der Waals surface area contributed by atoms with Crippen LogP contribution < -0.4 is 5.32 Å². The van der Waals surface area contributed by atoms with E-state index in [1.165, 1.54) is 16.8 Å². The molecule has 1 unspecified atom stereocenters. The Balaban J connectivity index is 2.72. The maximum Gasteiger partial charge on any atom is 0.332 e. The number of carboxylic acid groups (broad SMARTS) is 1. The molecule has 116 valence electrons. The molecule has 1 rings (SSSR count). The molecule has 1 aromatic heterocycles. The standard InChI is InChI=1S/C12H17N3O6/c1-2-5-14-7-8(15(20)21)6-9(14)11(17)13-4-3-10(16)12(18)19/h6-7,10,16H,2-5H2,1H3,(H,13,17)(H,18,19). The summed E-state index contributed by atoms with van der Waals surface area (Å²) in [5, 5.41) is 30.7. The zero-order chi connectivity index (χ0) is 16.0. The molecule has 9 heteroatoms. The molecule has 9 nitrogen and oxygen atoms in total. The van der Waals surface area contributed by atoms with Gasteiger partial charge < -0.3 is 20.1 Å². The van der Waals surface area contributed by atoms with E-state index >= 15 is 0 Å². The Morgan fingerprint density at radius 1 is 1.52 bits per heavy atom. The number of aliphatic hydroxyl groups excluding tert-OH is 1. The van der Waals surface area contributed by atoms with Crippen LogP contribution >= 0.6 is 0 Å². The molecule has 0 aliphatic rings. The van der Waals surface area contributed by atoms with Crippen molar-refractivity contribution in [1.29, 1.82) is 0 Å². The van der Waals surface area contributed by atoms with E-state index in [-0.39, 0.29) is 24.3 Å². The maximum absolute atomic E-state index is 11.9. The molecule has 0 radical (unpaired) electrons. The lowest BCUT2D eigenvalue weighted by Gasteiger charge is -2.09. The molecule has 1 heterocycles. The number of carbonyl (C=O) groups excluding carboxylic acids is 1. The summed E-state index contributed by atoms with van der Waals surface area (Å²) in [6.45, 7) is 2.28. The number of hydrogen-bond donors (Lipinski definition) is 3. The molecule has 0 saturated heterocycles. The molecule has 0 bridgehead atoms. The third-order valence-electron chi connectivity index (χ3n) is 2.78. The molecule has 0 aliphatic heterocycles. The van der Waals surface area contributed by atoms with Crippen LogP contribution in [0.25, 0.3) is 0 Å². The molecule has 1 atom stereocenters. The maximum atomic E-state index is 11.9. The highest BCUT2D eigenvalue weighted by Crippen LogP contribution is 2.17. The van der Waals surface area contributed by atoms with Gasteiger partial charge in [0, 0.05) is 25.6 Å². The highest BCUT2D eigenvalue weighted by molar-refractivity contribution is 5.93. The van der Waals surface area contributed by atoms with Gasteiger partial charge in [0.05, 0.1) is 11.1 Å². The fraction of sp³-hybridized carbons (Fsp3) is 0.500. The van der Waals surface area contributed by atoms with Gasteiger partial charge >= 0.3 is 5.97 Å². The monoisotopic (exact) mass is 299 g/mol. The van der Waals surface area contributed by atoms with E-state index in [2.05, 4.69) is 5.32 Å². The van der Waals surface area contributed by atoms with Gasteiger partial charge in [-0.2, -0.15) is 0 Å². The smallest absolute Gasteiger partial charge is 0.332 e. The van der Waals surface area contributed by atoms with Gasteiger partial charge in [-0.25, -0.2) is 4.79 Å². The first kappa shape index (κ1) is 16.6. The minimum atomic E-state index is -1.55. The number of aliphatic hydroxyl groups is 1. The molecule has 1 amide bonds. The number of hydrogen-bond acceptors (Lipinski definition) is 5. The Hall–Kier alpha value is -2.42. The predicted molar refractivity (Wildman–Crippen MR) is 72.0 cm³/mol. The van der Waals surface area contributed by atoms with Crippen LogP contribution in [0.2, 0.25) is 0 Å². The van der Waals surface area contributed by atoms with Crippen molar-refractivity contribution in [2.45, 2.75) is 32.4 Å². The van der Waals surface area contributed by atoms with Gasteiger partial charge in [0.15, 0.2) is 6.10 Å². The Kier molecular flexibility index (Phi) is 5.85. The average Bonchev–Trinajstić information content (AvgIpc) is 2.83. The zero-order valence-electron chi connectivity index (χ0n) is 11.5. The second-order valence-electron chi connectivity index (χ2n) is 4.43. The first-order valence-electron chi connectivity index (χ1n) is 6.40. The number of rotatable bonds is 8. The molecular formula is C12H17N3O6. The highest BCUT2D eigenvalue weighted by Gasteiger charge is 2.19. The van der Waals surface area contributed by atoms with Gasteiger partial charge in [0.25, 0.3) is 11.6 Å². The van der Waals surface area contributed by atoms with Gasteiger partial charge in [0.1, 0.15) is 5.69 Å². The van der Waals surface area contributed by atoms with E-state index in [9.17, 15) is 19.7 Å². The van der Waals surface area contributed by atoms with E-state index in [1.54, 1.807) is 0 Å². The van der Waals surface area contributed by atoms with Crippen molar-refractivity contribution in [2.75, 3.05) is 6.54 Å². The van der Waals surface area contributed by atoms with E-state index in [1.807, 2.05) is 6.92 Å². The number of aromatic nitrogens is 1. The van der Waals surface area contributed by atoms with E-state index < -0.39 is 22.9 Å². The topological polar surface area (TPSA) is 135 Å². The van der Waals surface area contributed by atoms with Crippen LogP contribution in [0.15, 0.2) is 12.3 Å². The van der Waals surface area contributed by atoms with Gasteiger partial charge in [-0.1, -0.05) is 6.92 Å². The van der Waals surface area contributed by atoms with Crippen molar-refractivity contribution in [1.82, 2.24) is 9.88 Å². The molecular weight excluding hydrogens is 282 g/mol. The normalized spacial score (nSPS) is 11.9. The lowest BCUT2D eigenvalue weighted by Crippen LogP contribution is -2.31. The number of carbonyl (C=O) groups is 2. The van der Waals surface area contributed by atoms with Crippen LogP contribution in [0, 0.1) is 10.1 Å². The summed E-state index contributed by atoms with van der Waals surface area (Å²) in [7, 11) is 0. The largest absolute Gasteiger partial charge is 0.479 e.